The number of carbonyl (C=O) groups excluding carboxylic acids is 2. The zero-order chi connectivity index (χ0) is 21.5. The number of likely N-dealkylation sites (N-methyl/N-ethyl adjacent to an activating group) is 1. The number of nitrogens with one attached hydrogen (secondary N) is 1. The molecule has 2 aromatic carbocycles. The van der Waals surface area contributed by atoms with Crippen LogP contribution in [0.3, 0.4) is 0 Å². The van der Waals surface area contributed by atoms with Crippen LogP contribution in [0, 0.1) is 0 Å². The Morgan fingerprint density at radius 1 is 1.00 bits per heavy atom. The zero-order valence-corrected chi connectivity index (χ0v) is 17.4. The van der Waals surface area contributed by atoms with E-state index in [1.165, 1.54) is 0 Å². The summed E-state index contributed by atoms with van der Waals surface area (Å²) < 4.78 is 5.10. The van der Waals surface area contributed by atoms with Crippen molar-refractivity contribution in [1.29, 1.82) is 0 Å². The molecule has 1 aliphatic rings. The summed E-state index contributed by atoms with van der Waals surface area (Å²) in [5.41, 5.74) is 1.72. The van der Waals surface area contributed by atoms with Crippen molar-refractivity contribution in [2.24, 2.45) is 0 Å². The van der Waals surface area contributed by atoms with Gasteiger partial charge in [-0.1, -0.05) is 0 Å². The quantitative estimate of drug-likeness (QED) is 0.719. The van der Waals surface area contributed by atoms with E-state index in [9.17, 15) is 14.7 Å². The van der Waals surface area contributed by atoms with E-state index < -0.39 is 0 Å². The lowest BCUT2D eigenvalue weighted by Crippen LogP contribution is -2.51. The number of methoxy groups -OCH3 is 1. The van der Waals surface area contributed by atoms with E-state index >= 15 is 0 Å². The zero-order valence-electron chi connectivity index (χ0n) is 17.4. The van der Waals surface area contributed by atoms with Crippen molar-refractivity contribution in [3.63, 3.8) is 0 Å². The Bertz CT molecular complexity index is 846. The van der Waals surface area contributed by atoms with Crippen molar-refractivity contribution in [3.8, 4) is 11.5 Å². The van der Waals surface area contributed by atoms with Crippen LogP contribution in [-0.2, 0) is 9.59 Å². The number of carbonyl (C=O) groups is 2. The van der Waals surface area contributed by atoms with E-state index in [0.717, 1.165) is 24.5 Å². The number of nitrogens with zero attached hydrogens (tertiary/aromatic N) is 3. The molecule has 30 heavy (non-hydrogen) atoms. The molecule has 0 unspecified atom stereocenters. The SMILES string of the molecule is COc1ccc(NC(=O)CN(C)CC(=O)N2CCN(c3ccc(O)cc3)CC2)cc1. The topological polar surface area (TPSA) is 85.4 Å². The first-order valence-electron chi connectivity index (χ1n) is 9.89. The Balaban J connectivity index is 1.41. The Kier molecular flexibility index (Phi) is 7.13. The molecule has 0 radical (unpaired) electrons. The first kappa shape index (κ1) is 21.4. The molecule has 2 aromatic rings. The van der Waals surface area contributed by atoms with Crippen LogP contribution in [0.2, 0.25) is 0 Å². The predicted molar refractivity (Wildman–Crippen MR) is 116 cm³/mol. The Labute approximate surface area is 176 Å². The summed E-state index contributed by atoms with van der Waals surface area (Å²) in [6.45, 7) is 3.05. The van der Waals surface area contributed by atoms with Crippen LogP contribution in [0.25, 0.3) is 0 Å². The number of phenolic OH excluding ortho intramolecular Hbond substituents is 1. The average Bonchev–Trinajstić information content (AvgIpc) is 2.74. The van der Waals surface area contributed by atoms with Crippen LogP contribution < -0.4 is 15.0 Å². The number of ether oxygens (including phenoxy) is 1. The fraction of sp³-hybridized carbons (Fsp3) is 0.364. The van der Waals surface area contributed by atoms with Crippen LogP contribution in [-0.4, -0.2) is 80.1 Å². The van der Waals surface area contributed by atoms with Gasteiger partial charge in [0.15, 0.2) is 0 Å². The van der Waals surface area contributed by atoms with Crippen LogP contribution in [0.4, 0.5) is 11.4 Å². The largest absolute Gasteiger partial charge is 0.508 e. The molecule has 8 heteroatoms. The highest BCUT2D eigenvalue weighted by Crippen LogP contribution is 2.20. The predicted octanol–water partition coefficient (Wildman–Crippen LogP) is 1.62. The lowest BCUT2D eigenvalue weighted by Gasteiger charge is -2.36. The maximum absolute atomic E-state index is 12.6. The van der Waals surface area contributed by atoms with Gasteiger partial charge in [0.1, 0.15) is 11.5 Å². The standard InChI is InChI=1S/C22H28N4O4/c1-24(15-21(28)23-17-3-9-20(30-2)10-4-17)16-22(29)26-13-11-25(12-14-26)18-5-7-19(27)8-6-18/h3-10,27H,11-16H2,1-2H3,(H,23,28). The van der Waals surface area contributed by atoms with Gasteiger partial charge in [0.2, 0.25) is 11.8 Å². The van der Waals surface area contributed by atoms with Gasteiger partial charge >= 0.3 is 0 Å². The number of benzene rings is 2. The molecule has 2 N–H and O–H groups in total. The Morgan fingerprint density at radius 3 is 2.23 bits per heavy atom. The Hall–Kier alpha value is -3.26. The molecule has 1 heterocycles. The molecular formula is C22H28N4O4. The summed E-state index contributed by atoms with van der Waals surface area (Å²) in [5.74, 6) is 0.806. The molecule has 0 bridgehead atoms. The van der Waals surface area contributed by atoms with Gasteiger partial charge in [-0.05, 0) is 55.6 Å². The fourth-order valence-electron chi connectivity index (χ4n) is 3.38. The van der Waals surface area contributed by atoms with E-state index in [1.807, 2.05) is 17.0 Å². The molecule has 3 rings (SSSR count). The summed E-state index contributed by atoms with van der Waals surface area (Å²) in [5, 5.41) is 12.2. The summed E-state index contributed by atoms with van der Waals surface area (Å²) in [6.07, 6.45) is 0. The lowest BCUT2D eigenvalue weighted by molar-refractivity contribution is -0.132. The molecule has 1 aliphatic heterocycles. The lowest BCUT2D eigenvalue weighted by atomic mass is 10.2. The molecule has 0 aromatic heterocycles. The number of rotatable bonds is 7. The van der Waals surface area contributed by atoms with Crippen molar-refractivity contribution < 1.29 is 19.4 Å². The normalized spacial score (nSPS) is 14.0. The molecular weight excluding hydrogens is 384 g/mol. The number of hydrogen-bond donors (Lipinski definition) is 2. The minimum Gasteiger partial charge on any atom is -0.508 e. The van der Waals surface area contributed by atoms with Gasteiger partial charge in [-0.25, -0.2) is 0 Å². The second-order valence-electron chi connectivity index (χ2n) is 7.33. The molecule has 0 spiro atoms. The van der Waals surface area contributed by atoms with E-state index in [2.05, 4.69) is 10.2 Å². The van der Waals surface area contributed by atoms with Crippen molar-refractivity contribution >= 4 is 23.2 Å². The van der Waals surface area contributed by atoms with Gasteiger partial charge in [0.25, 0.3) is 0 Å². The highest BCUT2D eigenvalue weighted by atomic mass is 16.5. The van der Waals surface area contributed by atoms with Gasteiger partial charge < -0.3 is 25.0 Å². The average molecular weight is 412 g/mol. The molecule has 0 saturated carbocycles. The number of amides is 2. The molecule has 0 aliphatic carbocycles. The molecule has 8 nitrogen and oxygen atoms in total. The van der Waals surface area contributed by atoms with Crippen molar-refractivity contribution in [2.45, 2.75) is 0 Å². The maximum Gasteiger partial charge on any atom is 0.238 e. The van der Waals surface area contributed by atoms with Gasteiger partial charge in [-0.3, -0.25) is 14.5 Å². The number of piperazine rings is 1. The van der Waals surface area contributed by atoms with Gasteiger partial charge in [-0.2, -0.15) is 0 Å². The maximum atomic E-state index is 12.6. The monoisotopic (exact) mass is 412 g/mol. The van der Waals surface area contributed by atoms with Gasteiger partial charge in [0, 0.05) is 37.6 Å². The minimum atomic E-state index is -0.174. The summed E-state index contributed by atoms with van der Waals surface area (Å²) in [7, 11) is 3.35. The smallest absolute Gasteiger partial charge is 0.238 e. The number of hydrogen-bond acceptors (Lipinski definition) is 6. The summed E-state index contributed by atoms with van der Waals surface area (Å²) in [6, 6.07) is 14.2. The van der Waals surface area contributed by atoms with E-state index in [0.29, 0.717) is 18.8 Å². The number of phenols is 1. The van der Waals surface area contributed by atoms with Crippen molar-refractivity contribution in [1.82, 2.24) is 9.80 Å². The number of anilines is 2. The minimum absolute atomic E-state index is 0.0140. The second kappa shape index (κ2) is 9.98. The molecule has 2 amide bonds. The van der Waals surface area contributed by atoms with E-state index in [-0.39, 0.29) is 30.7 Å². The molecule has 1 fully saturated rings. The number of aromatic hydroxyl groups is 1. The van der Waals surface area contributed by atoms with Crippen molar-refractivity contribution in [3.05, 3.63) is 48.5 Å². The first-order valence-corrected chi connectivity index (χ1v) is 9.89. The van der Waals surface area contributed by atoms with Gasteiger partial charge in [-0.15, -0.1) is 0 Å². The van der Waals surface area contributed by atoms with Gasteiger partial charge in [0.05, 0.1) is 20.2 Å². The third-order valence-electron chi connectivity index (χ3n) is 5.04. The van der Waals surface area contributed by atoms with Crippen molar-refractivity contribution in [2.75, 3.05) is 63.6 Å². The van der Waals surface area contributed by atoms with Crippen LogP contribution in [0.1, 0.15) is 0 Å². The molecule has 160 valence electrons. The molecule has 1 saturated heterocycles. The molecule has 0 atom stereocenters. The summed E-state index contributed by atoms with van der Waals surface area (Å²) in [4.78, 5) is 30.6. The fourth-order valence-corrected chi connectivity index (χ4v) is 3.38. The van der Waals surface area contributed by atoms with E-state index in [1.54, 1.807) is 55.5 Å². The highest BCUT2D eigenvalue weighted by Gasteiger charge is 2.22. The van der Waals surface area contributed by atoms with Crippen LogP contribution in [0.15, 0.2) is 48.5 Å². The van der Waals surface area contributed by atoms with Crippen LogP contribution in [0.5, 0.6) is 11.5 Å². The van der Waals surface area contributed by atoms with E-state index in [4.69, 9.17) is 4.74 Å². The highest BCUT2D eigenvalue weighted by molar-refractivity contribution is 5.92. The Morgan fingerprint density at radius 2 is 1.63 bits per heavy atom. The summed E-state index contributed by atoms with van der Waals surface area (Å²) >= 11 is 0. The second-order valence-corrected chi connectivity index (χ2v) is 7.33. The first-order chi connectivity index (χ1) is 14.4. The third kappa shape index (κ3) is 5.87. The van der Waals surface area contributed by atoms with Crippen LogP contribution >= 0.6 is 0 Å². The third-order valence-corrected chi connectivity index (χ3v) is 5.04.